The van der Waals surface area contributed by atoms with Gasteiger partial charge in [-0.2, -0.15) is 0 Å². The molecule has 0 saturated carbocycles. The molecule has 0 aromatic heterocycles. The predicted molar refractivity (Wildman–Crippen MR) is 95.8 cm³/mol. The van der Waals surface area contributed by atoms with Gasteiger partial charge in [-0.05, 0) is 11.5 Å². The van der Waals surface area contributed by atoms with Crippen LogP contribution in [0.5, 0.6) is 0 Å². The lowest BCUT2D eigenvalue weighted by Crippen LogP contribution is -2.49. The number of hydrogen-bond donors (Lipinski definition) is 4. The molecule has 5 N–H and O–H groups in total. The van der Waals surface area contributed by atoms with Gasteiger partial charge >= 0.3 is 6.09 Å². The summed E-state index contributed by atoms with van der Waals surface area (Å²) in [5.74, 6) is -1.24. The van der Waals surface area contributed by atoms with Crippen LogP contribution in [0.3, 0.4) is 0 Å². The number of primary amides is 1. The Morgan fingerprint density at radius 3 is 2.46 bits per heavy atom. The van der Waals surface area contributed by atoms with Crippen LogP contribution in [0.15, 0.2) is 30.3 Å². The van der Waals surface area contributed by atoms with Gasteiger partial charge in [0.05, 0.1) is 12.5 Å². The van der Waals surface area contributed by atoms with E-state index in [0.29, 0.717) is 6.42 Å². The Balaban J connectivity index is 2.31. The average Bonchev–Trinajstić information content (AvgIpc) is 2.62. The van der Waals surface area contributed by atoms with E-state index in [1.807, 2.05) is 37.3 Å². The summed E-state index contributed by atoms with van der Waals surface area (Å²) in [4.78, 5) is 34.9. The Kier molecular flexibility index (Phi) is 9.14. The molecule has 0 spiro atoms. The van der Waals surface area contributed by atoms with Crippen molar-refractivity contribution < 1.29 is 24.2 Å². The van der Waals surface area contributed by atoms with Crippen molar-refractivity contribution in [3.63, 3.8) is 0 Å². The number of rotatable bonds is 10. The Hall–Kier alpha value is -2.61. The zero-order valence-corrected chi connectivity index (χ0v) is 15.1. The highest BCUT2D eigenvalue weighted by molar-refractivity contribution is 5.87. The molecule has 0 aliphatic rings. The summed E-state index contributed by atoms with van der Waals surface area (Å²) >= 11 is 0. The quantitative estimate of drug-likeness (QED) is 0.484. The van der Waals surface area contributed by atoms with E-state index in [-0.39, 0.29) is 25.5 Å². The summed E-state index contributed by atoms with van der Waals surface area (Å²) in [5.41, 5.74) is 6.12. The number of carbonyl (C=O) groups excluding carboxylic acids is 3. The van der Waals surface area contributed by atoms with Crippen molar-refractivity contribution in [3.05, 3.63) is 35.9 Å². The first kappa shape index (κ1) is 21.4. The minimum absolute atomic E-state index is 0.110. The number of alkyl carbamates (subject to hydrolysis) is 1. The second-order valence-corrected chi connectivity index (χ2v) is 6.13. The number of hydrogen-bond acceptors (Lipinski definition) is 5. The maximum atomic E-state index is 11.9. The molecular formula is C18H27N3O5. The number of ether oxygens (including phenoxy) is 1. The second-order valence-electron chi connectivity index (χ2n) is 6.13. The molecule has 0 fully saturated rings. The van der Waals surface area contributed by atoms with Crippen LogP contribution in [0.4, 0.5) is 4.79 Å². The summed E-state index contributed by atoms with van der Waals surface area (Å²) in [6.07, 6.45) is -1.39. The lowest BCUT2D eigenvalue weighted by Gasteiger charge is -2.22. The van der Waals surface area contributed by atoms with Gasteiger partial charge in [-0.15, -0.1) is 0 Å². The van der Waals surface area contributed by atoms with E-state index in [2.05, 4.69) is 10.6 Å². The molecule has 3 atom stereocenters. The van der Waals surface area contributed by atoms with E-state index in [1.54, 1.807) is 6.92 Å². The van der Waals surface area contributed by atoms with E-state index < -0.39 is 30.1 Å². The average molecular weight is 365 g/mol. The molecule has 0 radical (unpaired) electrons. The summed E-state index contributed by atoms with van der Waals surface area (Å²) in [5, 5.41) is 14.8. The van der Waals surface area contributed by atoms with Crippen molar-refractivity contribution in [2.75, 3.05) is 6.54 Å². The largest absolute Gasteiger partial charge is 0.445 e. The van der Waals surface area contributed by atoms with Crippen molar-refractivity contribution in [2.24, 2.45) is 11.7 Å². The molecule has 3 amide bonds. The third-order valence-electron chi connectivity index (χ3n) is 3.95. The summed E-state index contributed by atoms with van der Waals surface area (Å²) in [6.45, 7) is 3.65. The van der Waals surface area contributed by atoms with Gasteiger partial charge in [0.25, 0.3) is 0 Å². The van der Waals surface area contributed by atoms with Crippen LogP contribution in [0.25, 0.3) is 0 Å². The normalized spacial score (nSPS) is 14.0. The fourth-order valence-corrected chi connectivity index (χ4v) is 2.22. The number of aliphatic hydroxyl groups excluding tert-OH is 1. The second kappa shape index (κ2) is 11.1. The molecular weight excluding hydrogens is 338 g/mol. The Labute approximate surface area is 153 Å². The lowest BCUT2D eigenvalue weighted by atomic mass is 9.98. The molecule has 8 heteroatoms. The Morgan fingerprint density at radius 2 is 1.88 bits per heavy atom. The van der Waals surface area contributed by atoms with Gasteiger partial charge in [0.1, 0.15) is 12.6 Å². The van der Waals surface area contributed by atoms with Crippen molar-refractivity contribution >= 4 is 17.9 Å². The van der Waals surface area contributed by atoms with Crippen LogP contribution in [0.1, 0.15) is 32.3 Å². The molecule has 144 valence electrons. The molecule has 0 unspecified atom stereocenters. The first-order chi connectivity index (χ1) is 12.3. The van der Waals surface area contributed by atoms with Gasteiger partial charge in [0, 0.05) is 6.54 Å². The summed E-state index contributed by atoms with van der Waals surface area (Å²) in [7, 11) is 0. The number of nitrogens with two attached hydrogens (primary N) is 1. The third-order valence-corrected chi connectivity index (χ3v) is 3.95. The van der Waals surface area contributed by atoms with Crippen LogP contribution < -0.4 is 16.4 Å². The van der Waals surface area contributed by atoms with Crippen molar-refractivity contribution in [3.8, 4) is 0 Å². The maximum Gasteiger partial charge on any atom is 0.407 e. The highest BCUT2D eigenvalue weighted by atomic mass is 16.5. The van der Waals surface area contributed by atoms with Gasteiger partial charge < -0.3 is 26.2 Å². The summed E-state index contributed by atoms with van der Waals surface area (Å²) in [6, 6.07) is 8.37. The van der Waals surface area contributed by atoms with Crippen LogP contribution in [-0.2, 0) is 20.9 Å². The molecule has 0 aliphatic carbocycles. The van der Waals surface area contributed by atoms with E-state index in [9.17, 15) is 19.5 Å². The van der Waals surface area contributed by atoms with Gasteiger partial charge in [0.15, 0.2) is 0 Å². The standard InChI is InChI=1S/C18H27N3O5/c1-3-12(2)16(17(19)24)21-15(23)9-14(22)10-20-18(25)26-11-13-7-5-4-6-8-13/h4-8,12,14,16,22H,3,9-11H2,1-2H3,(H2,19,24)(H,20,25)(H,21,23)/t12-,14-,16+/m0/s1. The number of aliphatic hydroxyl groups is 1. The molecule has 1 aromatic carbocycles. The van der Waals surface area contributed by atoms with Gasteiger partial charge in [-0.1, -0.05) is 50.6 Å². The van der Waals surface area contributed by atoms with Crippen LogP contribution >= 0.6 is 0 Å². The molecule has 0 heterocycles. The molecule has 8 nitrogen and oxygen atoms in total. The number of amides is 3. The fourth-order valence-electron chi connectivity index (χ4n) is 2.22. The van der Waals surface area contributed by atoms with Crippen LogP contribution in [0.2, 0.25) is 0 Å². The minimum Gasteiger partial charge on any atom is -0.445 e. The third kappa shape index (κ3) is 7.98. The zero-order chi connectivity index (χ0) is 19.5. The lowest BCUT2D eigenvalue weighted by molar-refractivity contribution is -0.129. The molecule has 0 aliphatic heterocycles. The monoisotopic (exact) mass is 365 g/mol. The molecule has 1 rings (SSSR count). The summed E-state index contributed by atoms with van der Waals surface area (Å²) < 4.78 is 5.00. The number of benzene rings is 1. The fraction of sp³-hybridized carbons (Fsp3) is 0.500. The van der Waals surface area contributed by atoms with Crippen LogP contribution in [0, 0.1) is 5.92 Å². The Morgan fingerprint density at radius 1 is 1.23 bits per heavy atom. The van der Waals surface area contributed by atoms with Crippen LogP contribution in [-0.4, -0.2) is 41.7 Å². The minimum atomic E-state index is -1.11. The van der Waals surface area contributed by atoms with Gasteiger partial charge in [-0.25, -0.2) is 4.79 Å². The van der Waals surface area contributed by atoms with Gasteiger partial charge in [0.2, 0.25) is 11.8 Å². The highest BCUT2D eigenvalue weighted by Gasteiger charge is 2.24. The van der Waals surface area contributed by atoms with Gasteiger partial charge in [-0.3, -0.25) is 9.59 Å². The SMILES string of the molecule is CC[C@H](C)[C@@H](NC(=O)C[C@H](O)CNC(=O)OCc1ccccc1)C(N)=O. The maximum absolute atomic E-state index is 11.9. The Bertz CT molecular complexity index is 594. The highest BCUT2D eigenvalue weighted by Crippen LogP contribution is 2.08. The van der Waals surface area contributed by atoms with Crippen molar-refractivity contribution in [1.82, 2.24) is 10.6 Å². The smallest absolute Gasteiger partial charge is 0.407 e. The van der Waals surface area contributed by atoms with Crippen molar-refractivity contribution in [2.45, 2.75) is 45.4 Å². The number of carbonyl (C=O) groups is 3. The van der Waals surface area contributed by atoms with E-state index in [0.717, 1.165) is 5.56 Å². The van der Waals surface area contributed by atoms with E-state index >= 15 is 0 Å². The van der Waals surface area contributed by atoms with Crippen molar-refractivity contribution in [1.29, 1.82) is 0 Å². The molecule has 26 heavy (non-hydrogen) atoms. The number of nitrogens with one attached hydrogen (secondary N) is 2. The van der Waals surface area contributed by atoms with E-state index in [4.69, 9.17) is 10.5 Å². The first-order valence-electron chi connectivity index (χ1n) is 8.54. The molecule has 0 bridgehead atoms. The molecule has 0 saturated heterocycles. The predicted octanol–water partition coefficient (Wildman–Crippen LogP) is 0.680. The zero-order valence-electron chi connectivity index (χ0n) is 15.1. The first-order valence-corrected chi connectivity index (χ1v) is 8.54. The van der Waals surface area contributed by atoms with E-state index in [1.165, 1.54) is 0 Å². The topological polar surface area (TPSA) is 131 Å². The molecule has 1 aromatic rings.